The summed E-state index contributed by atoms with van der Waals surface area (Å²) in [5.41, 5.74) is 1.07. The molecule has 0 bridgehead atoms. The zero-order valence-electron chi connectivity index (χ0n) is 11.2. The van der Waals surface area contributed by atoms with E-state index in [1.165, 1.54) is 6.08 Å². The Balaban J connectivity index is 3.39. The van der Waals surface area contributed by atoms with Crippen LogP contribution in [-0.2, 0) is 16.8 Å². The molecule has 4 heteroatoms. The fourth-order valence-electron chi connectivity index (χ4n) is 1.85. The molecule has 98 valence electrons. The lowest BCUT2D eigenvalue weighted by molar-refractivity contribution is -0.131. The van der Waals surface area contributed by atoms with Crippen molar-refractivity contribution in [2.24, 2.45) is 0 Å². The Labute approximate surface area is 107 Å². The van der Waals surface area contributed by atoms with E-state index in [1.807, 2.05) is 33.8 Å². The number of carboxylic acid groups (broad SMARTS) is 1. The summed E-state index contributed by atoms with van der Waals surface area (Å²) in [7, 11) is 0. The quantitative estimate of drug-likeness (QED) is 0.836. The fourth-order valence-corrected chi connectivity index (χ4v) is 1.85. The molecule has 0 atom stereocenters. The summed E-state index contributed by atoms with van der Waals surface area (Å²) in [5.74, 6) is -1.06. The van der Waals surface area contributed by atoms with Crippen LogP contribution in [0.5, 0.6) is 0 Å². The van der Waals surface area contributed by atoms with E-state index in [1.54, 1.807) is 10.6 Å². The molecule has 1 aromatic rings. The van der Waals surface area contributed by atoms with Gasteiger partial charge in [-0.1, -0.05) is 20.8 Å². The highest BCUT2D eigenvalue weighted by molar-refractivity contribution is 5.85. The first-order chi connectivity index (χ1) is 8.27. The summed E-state index contributed by atoms with van der Waals surface area (Å²) < 4.78 is 1.68. The molecule has 0 aliphatic rings. The topological polar surface area (TPSA) is 59.3 Å². The first-order valence-electron chi connectivity index (χ1n) is 5.92. The van der Waals surface area contributed by atoms with Gasteiger partial charge in [0, 0.05) is 29.3 Å². The summed E-state index contributed by atoms with van der Waals surface area (Å²) in [4.78, 5) is 22.7. The highest BCUT2D eigenvalue weighted by Crippen LogP contribution is 2.21. The second kappa shape index (κ2) is 5.21. The van der Waals surface area contributed by atoms with Crippen molar-refractivity contribution in [1.82, 2.24) is 4.57 Å². The van der Waals surface area contributed by atoms with E-state index in [9.17, 15) is 9.59 Å². The zero-order valence-corrected chi connectivity index (χ0v) is 11.2. The fraction of sp³-hybridized carbons (Fsp3) is 0.429. The summed E-state index contributed by atoms with van der Waals surface area (Å²) in [6, 6.07) is 3.56. The van der Waals surface area contributed by atoms with Gasteiger partial charge < -0.3 is 9.67 Å². The van der Waals surface area contributed by atoms with E-state index in [-0.39, 0.29) is 11.0 Å². The van der Waals surface area contributed by atoms with E-state index in [0.29, 0.717) is 12.1 Å². The van der Waals surface area contributed by atoms with Gasteiger partial charge in [0.1, 0.15) is 0 Å². The maximum Gasteiger partial charge on any atom is 0.328 e. The van der Waals surface area contributed by atoms with Crippen molar-refractivity contribution in [3.63, 3.8) is 0 Å². The Bertz CT molecular complexity index is 533. The molecule has 1 heterocycles. The molecule has 0 saturated carbocycles. The highest BCUT2D eigenvalue weighted by atomic mass is 16.4. The van der Waals surface area contributed by atoms with Crippen LogP contribution in [0.4, 0.5) is 0 Å². The van der Waals surface area contributed by atoms with Gasteiger partial charge in [0.05, 0.1) is 0 Å². The minimum absolute atomic E-state index is 0.121. The van der Waals surface area contributed by atoms with Crippen LogP contribution in [0.3, 0.4) is 0 Å². The molecule has 0 aliphatic heterocycles. The SMILES string of the molecule is CCn1c(C(C)(C)C)ccc(/C=C/C(=O)O)c1=O. The molecule has 1 N–H and O–H groups in total. The van der Waals surface area contributed by atoms with Gasteiger partial charge in [-0.15, -0.1) is 0 Å². The largest absolute Gasteiger partial charge is 0.478 e. The Morgan fingerprint density at radius 1 is 1.39 bits per heavy atom. The maximum atomic E-state index is 12.2. The number of nitrogens with zero attached hydrogens (tertiary/aromatic N) is 1. The molecule has 0 fully saturated rings. The Hall–Kier alpha value is -1.84. The average molecular weight is 249 g/mol. The third kappa shape index (κ3) is 3.09. The number of aromatic nitrogens is 1. The second-order valence-electron chi connectivity index (χ2n) is 5.14. The molecule has 0 spiro atoms. The molecule has 18 heavy (non-hydrogen) atoms. The smallest absolute Gasteiger partial charge is 0.328 e. The predicted molar refractivity (Wildman–Crippen MR) is 71.7 cm³/mol. The molecule has 0 aliphatic carbocycles. The van der Waals surface area contributed by atoms with Gasteiger partial charge in [-0.3, -0.25) is 4.79 Å². The van der Waals surface area contributed by atoms with Gasteiger partial charge in [-0.2, -0.15) is 0 Å². The zero-order chi connectivity index (χ0) is 13.9. The van der Waals surface area contributed by atoms with E-state index < -0.39 is 5.97 Å². The third-order valence-electron chi connectivity index (χ3n) is 2.69. The number of hydrogen-bond donors (Lipinski definition) is 1. The predicted octanol–water partition coefficient (Wildman–Crippen LogP) is 2.26. The van der Waals surface area contributed by atoms with Gasteiger partial charge in [-0.05, 0) is 25.1 Å². The van der Waals surface area contributed by atoms with Crippen LogP contribution in [0.15, 0.2) is 23.0 Å². The van der Waals surface area contributed by atoms with Crippen LogP contribution in [0.1, 0.15) is 39.0 Å². The molecule has 1 aromatic heterocycles. The lowest BCUT2D eigenvalue weighted by Crippen LogP contribution is -2.30. The van der Waals surface area contributed by atoms with E-state index in [0.717, 1.165) is 11.8 Å². The van der Waals surface area contributed by atoms with Gasteiger partial charge in [0.2, 0.25) is 0 Å². The normalized spacial score (nSPS) is 12.0. The lowest BCUT2D eigenvalue weighted by atomic mass is 9.90. The number of hydrogen-bond acceptors (Lipinski definition) is 2. The van der Waals surface area contributed by atoms with Crippen LogP contribution >= 0.6 is 0 Å². The molecular formula is C14H19NO3. The van der Waals surface area contributed by atoms with Crippen LogP contribution in [0, 0.1) is 0 Å². The molecule has 0 unspecified atom stereocenters. The summed E-state index contributed by atoms with van der Waals surface area (Å²) >= 11 is 0. The van der Waals surface area contributed by atoms with Gasteiger partial charge in [-0.25, -0.2) is 4.79 Å². The molecule has 4 nitrogen and oxygen atoms in total. The molecule has 1 rings (SSSR count). The van der Waals surface area contributed by atoms with Gasteiger partial charge in [0.25, 0.3) is 5.56 Å². The Morgan fingerprint density at radius 2 is 2.00 bits per heavy atom. The van der Waals surface area contributed by atoms with Crippen LogP contribution in [0.2, 0.25) is 0 Å². The van der Waals surface area contributed by atoms with Crippen molar-refractivity contribution >= 4 is 12.0 Å². The number of pyridine rings is 1. The lowest BCUT2D eigenvalue weighted by Gasteiger charge is -2.23. The average Bonchev–Trinajstić information content (AvgIpc) is 2.25. The highest BCUT2D eigenvalue weighted by Gasteiger charge is 2.18. The molecule has 0 amide bonds. The third-order valence-corrected chi connectivity index (χ3v) is 2.69. The van der Waals surface area contributed by atoms with E-state index in [4.69, 9.17) is 5.11 Å². The van der Waals surface area contributed by atoms with E-state index >= 15 is 0 Å². The van der Waals surface area contributed by atoms with Crippen molar-refractivity contribution in [3.8, 4) is 0 Å². The maximum absolute atomic E-state index is 12.2. The van der Waals surface area contributed by atoms with Crippen molar-refractivity contribution in [3.05, 3.63) is 39.8 Å². The molecular weight excluding hydrogens is 230 g/mol. The van der Waals surface area contributed by atoms with Gasteiger partial charge >= 0.3 is 5.97 Å². The molecule has 0 saturated heterocycles. The number of carbonyl (C=O) groups is 1. The number of carboxylic acids is 1. The van der Waals surface area contributed by atoms with Crippen LogP contribution in [0.25, 0.3) is 6.08 Å². The van der Waals surface area contributed by atoms with Crippen LogP contribution < -0.4 is 5.56 Å². The second-order valence-corrected chi connectivity index (χ2v) is 5.14. The van der Waals surface area contributed by atoms with E-state index in [2.05, 4.69) is 0 Å². The Morgan fingerprint density at radius 3 is 2.44 bits per heavy atom. The minimum Gasteiger partial charge on any atom is -0.478 e. The van der Waals surface area contributed by atoms with Crippen LogP contribution in [-0.4, -0.2) is 15.6 Å². The molecule has 0 aromatic carbocycles. The Kier molecular flexibility index (Phi) is 4.11. The number of aliphatic carboxylic acids is 1. The van der Waals surface area contributed by atoms with Crippen molar-refractivity contribution in [2.45, 2.75) is 39.7 Å². The summed E-state index contributed by atoms with van der Waals surface area (Å²) in [5, 5.41) is 8.58. The number of rotatable bonds is 3. The standard InChI is InChI=1S/C14H19NO3/c1-5-15-11(14(2,3)4)8-6-10(13(15)18)7-9-12(16)17/h6-9H,5H2,1-4H3,(H,16,17)/b9-7+. The minimum atomic E-state index is -1.06. The van der Waals surface area contributed by atoms with Crippen molar-refractivity contribution in [1.29, 1.82) is 0 Å². The first-order valence-corrected chi connectivity index (χ1v) is 5.92. The monoisotopic (exact) mass is 249 g/mol. The van der Waals surface area contributed by atoms with Gasteiger partial charge in [0.15, 0.2) is 0 Å². The molecule has 0 radical (unpaired) electrons. The van der Waals surface area contributed by atoms with Crippen molar-refractivity contribution < 1.29 is 9.90 Å². The van der Waals surface area contributed by atoms with Crippen molar-refractivity contribution in [2.75, 3.05) is 0 Å². The summed E-state index contributed by atoms with van der Waals surface area (Å²) in [6.45, 7) is 8.60. The summed E-state index contributed by atoms with van der Waals surface area (Å²) in [6.07, 6.45) is 2.32. The first kappa shape index (κ1) is 14.2.